The Morgan fingerprint density at radius 1 is 1.45 bits per heavy atom. The number of benzene rings is 1. The lowest BCUT2D eigenvalue weighted by molar-refractivity contribution is 0.0656. The molecule has 1 N–H and O–H groups in total. The summed E-state index contributed by atoms with van der Waals surface area (Å²) in [5.41, 5.74) is 3.06. The van der Waals surface area contributed by atoms with Crippen molar-refractivity contribution < 1.29 is 9.84 Å². The van der Waals surface area contributed by atoms with Crippen LogP contribution in [0, 0.1) is 6.92 Å². The van der Waals surface area contributed by atoms with E-state index in [0.29, 0.717) is 6.42 Å². The summed E-state index contributed by atoms with van der Waals surface area (Å²) in [6.45, 7) is 5.06. The molecule has 0 spiro atoms. The molecule has 106 valence electrons. The molecule has 1 aromatic carbocycles. The number of rotatable bonds is 3. The second-order valence-corrected chi connectivity index (χ2v) is 5.44. The average molecular weight is 272 g/mol. The van der Waals surface area contributed by atoms with E-state index >= 15 is 0 Å². The molecule has 4 nitrogen and oxygen atoms in total. The van der Waals surface area contributed by atoms with Crippen molar-refractivity contribution in [1.82, 2.24) is 9.78 Å². The van der Waals surface area contributed by atoms with Crippen LogP contribution in [0.2, 0.25) is 0 Å². The van der Waals surface area contributed by atoms with Crippen LogP contribution in [0.25, 0.3) is 0 Å². The Morgan fingerprint density at radius 2 is 2.30 bits per heavy atom. The predicted octanol–water partition coefficient (Wildman–Crippen LogP) is 3.16. The molecule has 0 amide bonds. The second-order valence-electron chi connectivity index (χ2n) is 5.44. The molecule has 1 aliphatic heterocycles. The molecule has 3 rings (SSSR count). The number of aromatic nitrogens is 2. The standard InChI is InChI=1S/C16H20N2O2/c1-3-6-18-10-12(9-17-18)16-8-14(19)13-7-11(2)4-5-15(13)20-16/h4-5,7,9-10,14,16,19H,3,6,8H2,1-2H3/t14-,16?/m0/s1. The van der Waals surface area contributed by atoms with E-state index in [9.17, 15) is 5.11 Å². The van der Waals surface area contributed by atoms with Crippen molar-refractivity contribution >= 4 is 0 Å². The van der Waals surface area contributed by atoms with Crippen molar-refractivity contribution in [1.29, 1.82) is 0 Å². The van der Waals surface area contributed by atoms with E-state index in [0.717, 1.165) is 35.4 Å². The molecule has 1 unspecified atom stereocenters. The van der Waals surface area contributed by atoms with Gasteiger partial charge in [0.05, 0.1) is 12.3 Å². The molecular weight excluding hydrogens is 252 g/mol. The minimum Gasteiger partial charge on any atom is -0.485 e. The molecule has 0 saturated carbocycles. The van der Waals surface area contributed by atoms with Crippen molar-refractivity contribution in [3.63, 3.8) is 0 Å². The van der Waals surface area contributed by atoms with Crippen LogP contribution in [0.4, 0.5) is 0 Å². The molecule has 20 heavy (non-hydrogen) atoms. The Labute approximate surface area is 119 Å². The van der Waals surface area contributed by atoms with E-state index in [-0.39, 0.29) is 6.10 Å². The van der Waals surface area contributed by atoms with Gasteiger partial charge in [0.1, 0.15) is 11.9 Å². The zero-order valence-corrected chi connectivity index (χ0v) is 11.9. The lowest BCUT2D eigenvalue weighted by atomic mass is 9.95. The number of hydrogen-bond acceptors (Lipinski definition) is 3. The molecule has 4 heteroatoms. The van der Waals surface area contributed by atoms with Crippen LogP contribution >= 0.6 is 0 Å². The zero-order chi connectivity index (χ0) is 14.1. The molecule has 0 radical (unpaired) electrons. The van der Waals surface area contributed by atoms with Crippen molar-refractivity contribution in [2.24, 2.45) is 0 Å². The first kappa shape index (κ1) is 13.2. The van der Waals surface area contributed by atoms with Gasteiger partial charge in [0.15, 0.2) is 0 Å². The van der Waals surface area contributed by atoms with Crippen LogP contribution < -0.4 is 4.74 Å². The van der Waals surface area contributed by atoms with E-state index in [1.165, 1.54) is 0 Å². The van der Waals surface area contributed by atoms with Crippen LogP contribution in [-0.2, 0) is 6.54 Å². The van der Waals surface area contributed by atoms with Crippen molar-refractivity contribution in [2.45, 2.75) is 45.4 Å². The molecule has 0 aliphatic carbocycles. The highest BCUT2D eigenvalue weighted by Gasteiger charge is 2.28. The van der Waals surface area contributed by atoms with E-state index < -0.39 is 6.10 Å². The van der Waals surface area contributed by atoms with Gasteiger partial charge in [-0.3, -0.25) is 4.68 Å². The number of hydrogen-bond donors (Lipinski definition) is 1. The van der Waals surface area contributed by atoms with E-state index in [1.54, 1.807) is 0 Å². The number of fused-ring (bicyclic) bond motifs is 1. The number of ether oxygens (including phenoxy) is 1. The molecular formula is C16H20N2O2. The number of aliphatic hydroxyl groups excluding tert-OH is 1. The quantitative estimate of drug-likeness (QED) is 0.933. The van der Waals surface area contributed by atoms with Crippen LogP contribution in [0.5, 0.6) is 5.75 Å². The molecule has 1 aliphatic rings. The Morgan fingerprint density at radius 3 is 3.10 bits per heavy atom. The summed E-state index contributed by atoms with van der Waals surface area (Å²) in [6.07, 6.45) is 4.89. The molecule has 0 bridgehead atoms. The minimum atomic E-state index is -0.474. The largest absolute Gasteiger partial charge is 0.485 e. The SMILES string of the molecule is CCCn1cc(C2C[C@H](O)c3cc(C)ccc3O2)cn1. The third-order valence-electron chi connectivity index (χ3n) is 3.71. The Hall–Kier alpha value is -1.81. The van der Waals surface area contributed by atoms with Gasteiger partial charge in [-0.05, 0) is 25.5 Å². The third kappa shape index (κ3) is 2.43. The first-order valence-corrected chi connectivity index (χ1v) is 7.15. The second kappa shape index (κ2) is 5.29. The maximum Gasteiger partial charge on any atom is 0.130 e. The van der Waals surface area contributed by atoms with Gasteiger partial charge in [-0.2, -0.15) is 5.10 Å². The highest BCUT2D eigenvalue weighted by Crippen LogP contribution is 2.40. The van der Waals surface area contributed by atoms with Gasteiger partial charge in [0.25, 0.3) is 0 Å². The van der Waals surface area contributed by atoms with Crippen molar-refractivity contribution in [2.75, 3.05) is 0 Å². The maximum atomic E-state index is 10.3. The van der Waals surface area contributed by atoms with Gasteiger partial charge in [-0.15, -0.1) is 0 Å². The average Bonchev–Trinajstić information content (AvgIpc) is 2.88. The van der Waals surface area contributed by atoms with E-state index in [4.69, 9.17) is 4.74 Å². The summed E-state index contributed by atoms with van der Waals surface area (Å²) >= 11 is 0. The lowest BCUT2D eigenvalue weighted by Gasteiger charge is -2.29. The van der Waals surface area contributed by atoms with Gasteiger partial charge in [-0.25, -0.2) is 0 Å². The predicted molar refractivity (Wildman–Crippen MR) is 76.6 cm³/mol. The highest BCUT2D eigenvalue weighted by atomic mass is 16.5. The number of aryl methyl sites for hydroxylation is 2. The third-order valence-corrected chi connectivity index (χ3v) is 3.71. The summed E-state index contributed by atoms with van der Waals surface area (Å²) in [6, 6.07) is 5.95. The fraction of sp³-hybridized carbons (Fsp3) is 0.438. The van der Waals surface area contributed by atoms with Gasteiger partial charge in [-0.1, -0.05) is 18.6 Å². The first-order chi connectivity index (χ1) is 9.67. The van der Waals surface area contributed by atoms with Crippen molar-refractivity contribution in [3.05, 3.63) is 47.3 Å². The smallest absolute Gasteiger partial charge is 0.130 e. The van der Waals surface area contributed by atoms with Crippen LogP contribution in [0.3, 0.4) is 0 Å². The van der Waals surface area contributed by atoms with Crippen molar-refractivity contribution in [3.8, 4) is 5.75 Å². The van der Waals surface area contributed by atoms with Crippen LogP contribution in [-0.4, -0.2) is 14.9 Å². The highest BCUT2D eigenvalue weighted by molar-refractivity contribution is 5.40. The number of aliphatic hydroxyl groups is 1. The summed E-state index contributed by atoms with van der Waals surface area (Å²) in [4.78, 5) is 0. The lowest BCUT2D eigenvalue weighted by Crippen LogP contribution is -2.18. The molecule has 2 aromatic rings. The molecule has 2 atom stereocenters. The monoisotopic (exact) mass is 272 g/mol. The van der Waals surface area contributed by atoms with Gasteiger partial charge in [0, 0.05) is 30.3 Å². The molecule has 2 heterocycles. The number of nitrogens with zero attached hydrogens (tertiary/aromatic N) is 2. The molecule has 0 saturated heterocycles. The normalized spacial score (nSPS) is 21.4. The van der Waals surface area contributed by atoms with Gasteiger partial charge >= 0.3 is 0 Å². The topological polar surface area (TPSA) is 47.3 Å². The van der Waals surface area contributed by atoms with Crippen LogP contribution in [0.1, 0.15) is 48.7 Å². The Kier molecular flexibility index (Phi) is 3.49. The van der Waals surface area contributed by atoms with E-state index in [1.807, 2.05) is 42.2 Å². The summed E-state index contributed by atoms with van der Waals surface area (Å²) in [5, 5.41) is 14.7. The maximum absolute atomic E-state index is 10.3. The first-order valence-electron chi connectivity index (χ1n) is 7.15. The Balaban J connectivity index is 1.85. The summed E-state index contributed by atoms with van der Waals surface area (Å²) < 4.78 is 7.95. The van der Waals surface area contributed by atoms with Gasteiger partial charge in [0.2, 0.25) is 0 Å². The van der Waals surface area contributed by atoms with E-state index in [2.05, 4.69) is 12.0 Å². The zero-order valence-electron chi connectivity index (χ0n) is 11.9. The fourth-order valence-corrected chi connectivity index (χ4v) is 2.67. The van der Waals surface area contributed by atoms with Crippen LogP contribution in [0.15, 0.2) is 30.6 Å². The fourth-order valence-electron chi connectivity index (χ4n) is 2.67. The summed E-state index contributed by atoms with van der Waals surface area (Å²) in [7, 11) is 0. The molecule has 1 aromatic heterocycles. The minimum absolute atomic E-state index is 0.120. The Bertz CT molecular complexity index is 606. The molecule has 0 fully saturated rings. The summed E-state index contributed by atoms with van der Waals surface area (Å²) in [5.74, 6) is 0.780. The van der Waals surface area contributed by atoms with Gasteiger partial charge < -0.3 is 9.84 Å².